The van der Waals surface area contributed by atoms with E-state index < -0.39 is 11.7 Å². The Labute approximate surface area is 132 Å². The van der Waals surface area contributed by atoms with Crippen LogP contribution in [0.25, 0.3) is 22.5 Å². The number of benzene rings is 1. The van der Waals surface area contributed by atoms with Crippen LogP contribution in [0.1, 0.15) is 27.3 Å². The van der Waals surface area contributed by atoms with E-state index in [-0.39, 0.29) is 5.56 Å². The SMILES string of the molecule is Cc1ccc(-c2[nH]c(-c3c(C)n[nH]c3C)cc2C(N)=O)c(F)c1. The molecule has 0 bridgehead atoms. The summed E-state index contributed by atoms with van der Waals surface area (Å²) in [6.45, 7) is 5.54. The molecule has 118 valence electrons. The molecular formula is C17H17FN4O. The van der Waals surface area contributed by atoms with E-state index in [0.717, 1.165) is 22.5 Å². The number of halogens is 1. The Morgan fingerprint density at radius 1 is 1.22 bits per heavy atom. The standard InChI is InChI=1S/C17H17FN4O/c1-8-4-5-11(13(18)6-8)16-12(17(19)23)7-14(20-16)15-9(2)21-22-10(15)3/h4-7,20H,1-3H3,(H2,19,23)(H,21,22). The molecule has 0 radical (unpaired) electrons. The first-order valence-corrected chi connectivity index (χ1v) is 7.19. The Kier molecular flexibility index (Phi) is 3.52. The zero-order valence-corrected chi connectivity index (χ0v) is 13.1. The molecule has 1 aromatic carbocycles. The number of nitrogens with one attached hydrogen (secondary N) is 2. The second-order valence-electron chi connectivity index (χ2n) is 5.63. The molecule has 0 atom stereocenters. The van der Waals surface area contributed by atoms with E-state index in [1.165, 1.54) is 6.07 Å². The third-order valence-corrected chi connectivity index (χ3v) is 3.87. The van der Waals surface area contributed by atoms with E-state index in [9.17, 15) is 9.18 Å². The number of H-pyrrole nitrogens is 2. The highest BCUT2D eigenvalue weighted by Gasteiger charge is 2.20. The molecule has 4 N–H and O–H groups in total. The van der Waals surface area contributed by atoms with Crippen molar-refractivity contribution >= 4 is 5.91 Å². The number of primary amides is 1. The van der Waals surface area contributed by atoms with Gasteiger partial charge < -0.3 is 10.7 Å². The van der Waals surface area contributed by atoms with Crippen molar-refractivity contribution in [2.24, 2.45) is 5.73 Å². The summed E-state index contributed by atoms with van der Waals surface area (Å²) < 4.78 is 14.3. The van der Waals surface area contributed by atoms with Gasteiger partial charge in [0.2, 0.25) is 0 Å². The van der Waals surface area contributed by atoms with Gasteiger partial charge in [0.15, 0.2) is 0 Å². The fraction of sp³-hybridized carbons (Fsp3) is 0.176. The fourth-order valence-corrected chi connectivity index (χ4v) is 2.77. The van der Waals surface area contributed by atoms with Crippen LogP contribution in [0.3, 0.4) is 0 Å². The summed E-state index contributed by atoms with van der Waals surface area (Å²) in [4.78, 5) is 14.9. The molecule has 0 aliphatic carbocycles. The molecule has 0 unspecified atom stereocenters. The molecule has 2 aromatic heterocycles. The molecule has 0 fully saturated rings. The first kappa shape index (κ1) is 15.0. The summed E-state index contributed by atoms with van der Waals surface area (Å²) in [7, 11) is 0. The van der Waals surface area contributed by atoms with Crippen molar-refractivity contribution in [3.63, 3.8) is 0 Å². The predicted molar refractivity (Wildman–Crippen MR) is 86.5 cm³/mol. The highest BCUT2D eigenvalue weighted by Crippen LogP contribution is 2.32. The lowest BCUT2D eigenvalue weighted by molar-refractivity contribution is 0.100. The van der Waals surface area contributed by atoms with Gasteiger partial charge in [-0.25, -0.2) is 4.39 Å². The van der Waals surface area contributed by atoms with Gasteiger partial charge in [0, 0.05) is 16.8 Å². The van der Waals surface area contributed by atoms with Crippen LogP contribution in [0, 0.1) is 26.6 Å². The molecule has 3 rings (SSSR count). The lowest BCUT2D eigenvalue weighted by Crippen LogP contribution is -2.11. The Bertz CT molecular complexity index is 888. The average molecular weight is 312 g/mol. The minimum absolute atomic E-state index is 0.253. The third kappa shape index (κ3) is 2.52. The van der Waals surface area contributed by atoms with Crippen LogP contribution in [-0.2, 0) is 0 Å². The minimum Gasteiger partial charge on any atom is -0.366 e. The zero-order valence-electron chi connectivity index (χ0n) is 13.1. The molecule has 0 saturated heterocycles. The number of hydrogen-bond acceptors (Lipinski definition) is 2. The van der Waals surface area contributed by atoms with Gasteiger partial charge in [0.1, 0.15) is 5.82 Å². The maximum atomic E-state index is 14.3. The van der Waals surface area contributed by atoms with E-state index in [4.69, 9.17) is 5.73 Å². The van der Waals surface area contributed by atoms with E-state index in [1.807, 2.05) is 13.8 Å². The van der Waals surface area contributed by atoms with E-state index in [1.54, 1.807) is 25.1 Å². The third-order valence-electron chi connectivity index (χ3n) is 3.87. The summed E-state index contributed by atoms with van der Waals surface area (Å²) in [5, 5.41) is 7.03. The summed E-state index contributed by atoms with van der Waals surface area (Å²) >= 11 is 0. The fourth-order valence-electron chi connectivity index (χ4n) is 2.77. The van der Waals surface area contributed by atoms with Crippen molar-refractivity contribution in [1.29, 1.82) is 0 Å². The minimum atomic E-state index is -0.610. The number of aryl methyl sites for hydroxylation is 3. The normalized spacial score (nSPS) is 11.0. The number of nitrogens with two attached hydrogens (primary N) is 1. The van der Waals surface area contributed by atoms with Gasteiger partial charge in [0.25, 0.3) is 5.91 Å². The number of nitrogens with zero attached hydrogens (tertiary/aromatic N) is 1. The van der Waals surface area contributed by atoms with Crippen LogP contribution in [0.4, 0.5) is 4.39 Å². The number of rotatable bonds is 3. The van der Waals surface area contributed by atoms with Crippen molar-refractivity contribution in [2.45, 2.75) is 20.8 Å². The molecular weight excluding hydrogens is 295 g/mol. The summed E-state index contributed by atoms with van der Waals surface area (Å²) in [5.41, 5.74) is 10.4. The van der Waals surface area contributed by atoms with Crippen LogP contribution in [0.2, 0.25) is 0 Å². The molecule has 0 spiro atoms. The van der Waals surface area contributed by atoms with Gasteiger partial charge in [-0.1, -0.05) is 6.07 Å². The summed E-state index contributed by atoms with van der Waals surface area (Å²) in [5.74, 6) is -1.01. The maximum Gasteiger partial charge on any atom is 0.250 e. The largest absolute Gasteiger partial charge is 0.366 e. The van der Waals surface area contributed by atoms with Crippen LogP contribution in [0.15, 0.2) is 24.3 Å². The number of aromatic amines is 2. The number of amides is 1. The Morgan fingerprint density at radius 2 is 1.96 bits per heavy atom. The molecule has 2 heterocycles. The van der Waals surface area contributed by atoms with Crippen LogP contribution in [-0.4, -0.2) is 21.1 Å². The number of hydrogen-bond donors (Lipinski definition) is 3. The highest BCUT2D eigenvalue weighted by atomic mass is 19.1. The van der Waals surface area contributed by atoms with Crippen molar-refractivity contribution < 1.29 is 9.18 Å². The summed E-state index contributed by atoms with van der Waals surface area (Å²) in [6.07, 6.45) is 0. The van der Waals surface area contributed by atoms with Crippen molar-refractivity contribution in [3.05, 3.63) is 52.6 Å². The molecule has 3 aromatic rings. The smallest absolute Gasteiger partial charge is 0.250 e. The highest BCUT2D eigenvalue weighted by molar-refractivity contribution is 6.01. The van der Waals surface area contributed by atoms with Crippen molar-refractivity contribution in [2.75, 3.05) is 0 Å². The molecule has 0 saturated carbocycles. The molecule has 0 aliphatic heterocycles. The topological polar surface area (TPSA) is 87.6 Å². The average Bonchev–Trinajstić information content (AvgIpc) is 3.03. The first-order chi connectivity index (χ1) is 10.9. The second kappa shape index (κ2) is 5.39. The lowest BCUT2D eigenvalue weighted by Gasteiger charge is -2.04. The second-order valence-corrected chi connectivity index (χ2v) is 5.63. The Morgan fingerprint density at radius 3 is 2.52 bits per heavy atom. The maximum absolute atomic E-state index is 14.3. The predicted octanol–water partition coefficient (Wildman–Crippen LogP) is 3.24. The van der Waals surface area contributed by atoms with Crippen LogP contribution < -0.4 is 5.73 Å². The Hall–Kier alpha value is -2.89. The number of aromatic nitrogens is 3. The first-order valence-electron chi connectivity index (χ1n) is 7.19. The quantitative estimate of drug-likeness (QED) is 0.693. The lowest BCUT2D eigenvalue weighted by atomic mass is 10.0. The molecule has 23 heavy (non-hydrogen) atoms. The van der Waals surface area contributed by atoms with Crippen molar-refractivity contribution in [3.8, 4) is 22.5 Å². The summed E-state index contributed by atoms with van der Waals surface area (Å²) in [6, 6.07) is 6.50. The van der Waals surface area contributed by atoms with Gasteiger partial charge in [0.05, 0.1) is 22.6 Å². The zero-order chi connectivity index (χ0) is 16.7. The Balaban J connectivity index is 2.23. The van der Waals surface area contributed by atoms with Gasteiger partial charge in [-0.15, -0.1) is 0 Å². The van der Waals surface area contributed by atoms with Gasteiger partial charge in [-0.05, 0) is 44.5 Å². The van der Waals surface area contributed by atoms with Crippen LogP contribution >= 0.6 is 0 Å². The van der Waals surface area contributed by atoms with Crippen molar-refractivity contribution in [1.82, 2.24) is 15.2 Å². The van der Waals surface area contributed by atoms with E-state index in [0.29, 0.717) is 17.0 Å². The van der Waals surface area contributed by atoms with Gasteiger partial charge >= 0.3 is 0 Å². The molecule has 1 amide bonds. The molecule has 6 heteroatoms. The van der Waals surface area contributed by atoms with Gasteiger partial charge in [-0.3, -0.25) is 9.89 Å². The van der Waals surface area contributed by atoms with E-state index in [2.05, 4.69) is 15.2 Å². The molecule has 0 aliphatic rings. The number of carbonyl (C=O) groups is 1. The molecule has 5 nitrogen and oxygen atoms in total. The van der Waals surface area contributed by atoms with Crippen LogP contribution in [0.5, 0.6) is 0 Å². The van der Waals surface area contributed by atoms with Gasteiger partial charge in [-0.2, -0.15) is 5.10 Å². The number of carbonyl (C=O) groups excluding carboxylic acids is 1. The van der Waals surface area contributed by atoms with E-state index >= 15 is 0 Å². The monoisotopic (exact) mass is 312 g/mol.